The van der Waals surface area contributed by atoms with Gasteiger partial charge in [0.15, 0.2) is 0 Å². The summed E-state index contributed by atoms with van der Waals surface area (Å²) in [7, 11) is 0. The second-order valence-corrected chi connectivity index (χ2v) is 4.69. The average Bonchev–Trinajstić information content (AvgIpc) is 2.56. The molecule has 8 heteroatoms. The Morgan fingerprint density at radius 3 is 2.46 bits per heavy atom. The van der Waals surface area contributed by atoms with Crippen LogP contribution in [-0.4, -0.2) is 16.7 Å². The molecule has 0 spiro atoms. The number of amides is 2. The molecule has 0 heterocycles. The highest BCUT2D eigenvalue weighted by Crippen LogP contribution is 2.23. The van der Waals surface area contributed by atoms with Crippen molar-refractivity contribution in [3.63, 3.8) is 0 Å². The molecule has 0 fully saturated rings. The minimum Gasteiger partial charge on any atom is -0.324 e. The van der Waals surface area contributed by atoms with Gasteiger partial charge < -0.3 is 10.6 Å². The number of rotatable bonds is 5. The van der Waals surface area contributed by atoms with Crippen LogP contribution in [0, 0.1) is 21.4 Å². The molecule has 0 aliphatic heterocycles. The summed E-state index contributed by atoms with van der Waals surface area (Å²) in [6.07, 6.45) is -0.392. The zero-order chi connectivity index (χ0) is 17.5. The van der Waals surface area contributed by atoms with Crippen LogP contribution in [0.25, 0.3) is 0 Å². The molecule has 2 amide bonds. The highest BCUT2D eigenvalue weighted by atomic mass is 16.6. The number of para-hydroxylation sites is 1. The van der Waals surface area contributed by atoms with E-state index < -0.39 is 23.2 Å². The van der Waals surface area contributed by atoms with Crippen LogP contribution in [-0.2, 0) is 4.79 Å². The molecular weight excluding hydrogens is 312 g/mol. The van der Waals surface area contributed by atoms with Crippen molar-refractivity contribution in [1.29, 1.82) is 5.26 Å². The molecule has 0 bridgehead atoms. The summed E-state index contributed by atoms with van der Waals surface area (Å²) in [5.41, 5.74) is 0.239. The fourth-order valence-corrected chi connectivity index (χ4v) is 1.93. The molecule has 0 radical (unpaired) electrons. The largest absolute Gasteiger partial charge is 0.324 e. The van der Waals surface area contributed by atoms with Gasteiger partial charge >= 0.3 is 0 Å². The van der Waals surface area contributed by atoms with Crippen molar-refractivity contribution in [1.82, 2.24) is 0 Å². The second kappa shape index (κ2) is 7.51. The molecule has 0 aliphatic carbocycles. The third kappa shape index (κ3) is 4.14. The standard InChI is InChI=1S/C16H12N4O4/c17-9-8-15(21)19-14-7-6-12(20(23)24)10-13(14)16(22)18-11-4-2-1-3-5-11/h1-7,10H,8H2,(H,18,22)(H,19,21). The summed E-state index contributed by atoms with van der Waals surface area (Å²) >= 11 is 0. The second-order valence-electron chi connectivity index (χ2n) is 4.69. The maximum absolute atomic E-state index is 12.4. The number of carbonyl (C=O) groups excluding carboxylic acids is 2. The highest BCUT2D eigenvalue weighted by Gasteiger charge is 2.18. The van der Waals surface area contributed by atoms with Gasteiger partial charge in [-0.15, -0.1) is 0 Å². The maximum atomic E-state index is 12.4. The Morgan fingerprint density at radius 1 is 1.12 bits per heavy atom. The Labute approximate surface area is 136 Å². The fourth-order valence-electron chi connectivity index (χ4n) is 1.93. The van der Waals surface area contributed by atoms with Gasteiger partial charge in [-0.2, -0.15) is 5.26 Å². The van der Waals surface area contributed by atoms with E-state index in [4.69, 9.17) is 5.26 Å². The van der Waals surface area contributed by atoms with Crippen molar-refractivity contribution in [3.05, 3.63) is 64.2 Å². The lowest BCUT2D eigenvalue weighted by Crippen LogP contribution is -2.18. The molecule has 24 heavy (non-hydrogen) atoms. The number of nitrogens with one attached hydrogen (secondary N) is 2. The van der Waals surface area contributed by atoms with Gasteiger partial charge in [-0.05, 0) is 18.2 Å². The molecule has 2 aromatic rings. The zero-order valence-electron chi connectivity index (χ0n) is 12.4. The van der Waals surface area contributed by atoms with Gasteiger partial charge in [-0.3, -0.25) is 19.7 Å². The van der Waals surface area contributed by atoms with Crippen molar-refractivity contribution in [3.8, 4) is 6.07 Å². The Hall–Kier alpha value is -3.73. The molecule has 0 aliphatic rings. The first-order chi connectivity index (χ1) is 11.5. The maximum Gasteiger partial charge on any atom is 0.270 e. The third-order valence-corrected chi connectivity index (χ3v) is 3.00. The monoisotopic (exact) mass is 324 g/mol. The van der Waals surface area contributed by atoms with Gasteiger partial charge in [0.05, 0.1) is 22.2 Å². The number of carbonyl (C=O) groups is 2. The van der Waals surface area contributed by atoms with Gasteiger partial charge in [-0.25, -0.2) is 0 Å². The number of hydrogen-bond donors (Lipinski definition) is 2. The van der Waals surface area contributed by atoms with E-state index in [0.717, 1.165) is 6.07 Å². The molecule has 0 saturated heterocycles. The molecule has 0 saturated carbocycles. The zero-order valence-corrected chi connectivity index (χ0v) is 12.4. The Kier molecular flexibility index (Phi) is 5.20. The van der Waals surface area contributed by atoms with E-state index >= 15 is 0 Å². The number of nitriles is 1. The summed E-state index contributed by atoms with van der Waals surface area (Å²) in [4.78, 5) is 34.2. The molecule has 2 aromatic carbocycles. The van der Waals surface area contributed by atoms with Crippen molar-refractivity contribution in [2.45, 2.75) is 6.42 Å². The minimum absolute atomic E-state index is 0.0701. The molecule has 0 unspecified atom stereocenters. The molecular formula is C16H12N4O4. The van der Waals surface area contributed by atoms with Crippen LogP contribution >= 0.6 is 0 Å². The van der Waals surface area contributed by atoms with E-state index in [1.54, 1.807) is 36.4 Å². The van der Waals surface area contributed by atoms with Crippen LogP contribution in [0.1, 0.15) is 16.8 Å². The first-order valence-electron chi connectivity index (χ1n) is 6.83. The minimum atomic E-state index is -0.639. The van der Waals surface area contributed by atoms with E-state index in [1.807, 2.05) is 0 Å². The number of nitrogens with zero attached hydrogens (tertiary/aromatic N) is 2. The lowest BCUT2D eigenvalue weighted by molar-refractivity contribution is -0.384. The van der Waals surface area contributed by atoms with Crippen molar-refractivity contribution in [2.24, 2.45) is 0 Å². The third-order valence-electron chi connectivity index (χ3n) is 3.00. The number of nitro groups is 1. The average molecular weight is 324 g/mol. The summed E-state index contributed by atoms with van der Waals surface area (Å²) in [5.74, 6) is -1.22. The predicted molar refractivity (Wildman–Crippen MR) is 86.4 cm³/mol. The van der Waals surface area contributed by atoms with E-state index in [9.17, 15) is 19.7 Å². The molecule has 2 rings (SSSR count). The number of benzene rings is 2. The Balaban J connectivity index is 2.34. The lowest BCUT2D eigenvalue weighted by Gasteiger charge is -2.11. The molecule has 0 atom stereocenters. The molecule has 2 N–H and O–H groups in total. The Bertz CT molecular complexity index is 828. The van der Waals surface area contributed by atoms with Crippen LogP contribution in [0.2, 0.25) is 0 Å². The summed E-state index contributed by atoms with van der Waals surface area (Å²) in [6, 6.07) is 13.7. The molecule has 120 valence electrons. The van der Waals surface area contributed by atoms with Gasteiger partial charge in [0.25, 0.3) is 11.6 Å². The normalized spacial score (nSPS) is 9.62. The lowest BCUT2D eigenvalue weighted by atomic mass is 10.1. The number of nitro benzene ring substituents is 1. The van der Waals surface area contributed by atoms with Crippen LogP contribution in [0.4, 0.5) is 17.1 Å². The number of anilines is 2. The fraction of sp³-hybridized carbons (Fsp3) is 0.0625. The number of non-ortho nitro benzene ring substituents is 1. The molecule has 8 nitrogen and oxygen atoms in total. The molecule has 0 aromatic heterocycles. The van der Waals surface area contributed by atoms with Gasteiger partial charge in [0, 0.05) is 17.8 Å². The van der Waals surface area contributed by atoms with Crippen LogP contribution < -0.4 is 10.6 Å². The van der Waals surface area contributed by atoms with Crippen LogP contribution in [0.3, 0.4) is 0 Å². The van der Waals surface area contributed by atoms with Crippen molar-refractivity contribution >= 4 is 28.9 Å². The first kappa shape index (κ1) is 16.6. The Morgan fingerprint density at radius 2 is 1.83 bits per heavy atom. The van der Waals surface area contributed by atoms with E-state index in [2.05, 4.69) is 10.6 Å². The van der Waals surface area contributed by atoms with Gasteiger partial charge in [-0.1, -0.05) is 18.2 Å². The van der Waals surface area contributed by atoms with Crippen LogP contribution in [0.15, 0.2) is 48.5 Å². The summed E-state index contributed by atoms with van der Waals surface area (Å²) < 4.78 is 0. The SMILES string of the molecule is N#CCC(=O)Nc1ccc([N+](=O)[O-])cc1C(=O)Nc1ccccc1. The van der Waals surface area contributed by atoms with Crippen molar-refractivity contribution < 1.29 is 14.5 Å². The van der Waals surface area contributed by atoms with E-state index in [-0.39, 0.29) is 16.9 Å². The summed E-state index contributed by atoms with van der Waals surface area (Å²) in [6.45, 7) is 0. The van der Waals surface area contributed by atoms with E-state index in [0.29, 0.717) is 5.69 Å². The predicted octanol–water partition coefficient (Wildman–Crippen LogP) is 2.70. The van der Waals surface area contributed by atoms with Crippen LogP contribution in [0.5, 0.6) is 0 Å². The first-order valence-corrected chi connectivity index (χ1v) is 6.83. The number of hydrogen-bond acceptors (Lipinski definition) is 5. The quantitative estimate of drug-likeness (QED) is 0.646. The summed E-state index contributed by atoms with van der Waals surface area (Å²) in [5, 5.41) is 24.4. The smallest absolute Gasteiger partial charge is 0.270 e. The van der Waals surface area contributed by atoms with E-state index in [1.165, 1.54) is 12.1 Å². The van der Waals surface area contributed by atoms with Crippen molar-refractivity contribution in [2.75, 3.05) is 10.6 Å². The van der Waals surface area contributed by atoms with Gasteiger partial charge in [0.2, 0.25) is 5.91 Å². The van der Waals surface area contributed by atoms with Gasteiger partial charge in [0.1, 0.15) is 6.42 Å². The highest BCUT2D eigenvalue weighted by molar-refractivity contribution is 6.10. The topological polar surface area (TPSA) is 125 Å².